The van der Waals surface area contributed by atoms with Gasteiger partial charge < -0.3 is 14.8 Å². The minimum absolute atomic E-state index is 0.153. The molecule has 1 aromatic rings. The zero-order valence-electron chi connectivity index (χ0n) is 12.1. The summed E-state index contributed by atoms with van der Waals surface area (Å²) in [5.74, 6) is 0.905. The first kappa shape index (κ1) is 16.8. The van der Waals surface area contributed by atoms with E-state index in [0.717, 1.165) is 18.2 Å². The standard InChI is InChI=1S/C15H22BrNO3/c1-19-12-8-7-9-13(20-2)14(12)15(18)17-11-6-4-3-5-10-16/h7-9H,3-6,10-11H2,1-2H3,(H,17,18). The second kappa shape index (κ2) is 9.64. The Morgan fingerprint density at radius 1 is 1.10 bits per heavy atom. The summed E-state index contributed by atoms with van der Waals surface area (Å²) in [6, 6.07) is 5.32. The van der Waals surface area contributed by atoms with Gasteiger partial charge in [0.2, 0.25) is 0 Å². The second-order valence-electron chi connectivity index (χ2n) is 4.40. The van der Waals surface area contributed by atoms with Gasteiger partial charge in [-0.05, 0) is 25.0 Å². The van der Waals surface area contributed by atoms with Gasteiger partial charge in [0.25, 0.3) is 5.91 Å². The molecule has 0 aliphatic carbocycles. The number of methoxy groups -OCH3 is 2. The van der Waals surface area contributed by atoms with E-state index in [2.05, 4.69) is 21.2 Å². The van der Waals surface area contributed by atoms with Crippen LogP contribution in [0.25, 0.3) is 0 Å². The molecular weight excluding hydrogens is 322 g/mol. The Hall–Kier alpha value is -1.23. The molecule has 4 nitrogen and oxygen atoms in total. The van der Waals surface area contributed by atoms with Crippen LogP contribution in [-0.4, -0.2) is 32.0 Å². The van der Waals surface area contributed by atoms with Crippen LogP contribution in [0.15, 0.2) is 18.2 Å². The number of carbonyl (C=O) groups is 1. The SMILES string of the molecule is COc1cccc(OC)c1C(=O)NCCCCCCBr. The lowest BCUT2D eigenvalue weighted by Crippen LogP contribution is -2.25. The third-order valence-electron chi connectivity index (χ3n) is 3.00. The lowest BCUT2D eigenvalue weighted by Gasteiger charge is -2.12. The first-order chi connectivity index (χ1) is 9.74. The van der Waals surface area contributed by atoms with Crippen LogP contribution in [-0.2, 0) is 0 Å². The quantitative estimate of drug-likeness (QED) is 0.552. The van der Waals surface area contributed by atoms with Gasteiger partial charge in [-0.15, -0.1) is 0 Å². The Morgan fingerprint density at radius 2 is 1.70 bits per heavy atom. The number of alkyl halides is 1. The van der Waals surface area contributed by atoms with Gasteiger partial charge in [0.15, 0.2) is 0 Å². The lowest BCUT2D eigenvalue weighted by atomic mass is 10.1. The average Bonchev–Trinajstić information content (AvgIpc) is 2.49. The maximum absolute atomic E-state index is 12.2. The smallest absolute Gasteiger partial charge is 0.258 e. The van der Waals surface area contributed by atoms with Crippen LogP contribution in [0, 0.1) is 0 Å². The molecule has 0 fully saturated rings. The molecule has 112 valence electrons. The highest BCUT2D eigenvalue weighted by molar-refractivity contribution is 9.09. The number of carbonyl (C=O) groups excluding carboxylic acids is 1. The third-order valence-corrected chi connectivity index (χ3v) is 3.56. The van der Waals surface area contributed by atoms with Crippen LogP contribution in [0.3, 0.4) is 0 Å². The molecule has 0 bridgehead atoms. The summed E-state index contributed by atoms with van der Waals surface area (Å²) in [5, 5.41) is 3.95. The van der Waals surface area contributed by atoms with Gasteiger partial charge >= 0.3 is 0 Å². The molecular formula is C15H22BrNO3. The Labute approximate surface area is 129 Å². The highest BCUT2D eigenvalue weighted by Crippen LogP contribution is 2.27. The van der Waals surface area contributed by atoms with Crippen molar-refractivity contribution in [3.05, 3.63) is 23.8 Å². The van der Waals surface area contributed by atoms with Gasteiger partial charge in [-0.2, -0.15) is 0 Å². The molecule has 0 unspecified atom stereocenters. The van der Waals surface area contributed by atoms with E-state index in [9.17, 15) is 4.79 Å². The summed E-state index contributed by atoms with van der Waals surface area (Å²) in [6.45, 7) is 0.669. The van der Waals surface area contributed by atoms with Crippen LogP contribution in [0.2, 0.25) is 0 Å². The monoisotopic (exact) mass is 343 g/mol. The Kier molecular flexibility index (Phi) is 8.11. The van der Waals surface area contributed by atoms with Crippen molar-refractivity contribution in [1.29, 1.82) is 0 Å². The minimum Gasteiger partial charge on any atom is -0.496 e. The lowest BCUT2D eigenvalue weighted by molar-refractivity contribution is 0.0946. The predicted octanol–water partition coefficient (Wildman–Crippen LogP) is 3.39. The van der Waals surface area contributed by atoms with Crippen molar-refractivity contribution in [3.8, 4) is 11.5 Å². The van der Waals surface area contributed by atoms with Crippen molar-refractivity contribution in [2.75, 3.05) is 26.1 Å². The van der Waals surface area contributed by atoms with Gasteiger partial charge in [-0.25, -0.2) is 0 Å². The fourth-order valence-electron chi connectivity index (χ4n) is 1.94. The molecule has 0 spiro atoms. The average molecular weight is 344 g/mol. The van der Waals surface area contributed by atoms with Gasteiger partial charge in [0.05, 0.1) is 14.2 Å². The molecule has 0 aliphatic heterocycles. The van der Waals surface area contributed by atoms with Crippen LogP contribution >= 0.6 is 15.9 Å². The predicted molar refractivity (Wildman–Crippen MR) is 84.1 cm³/mol. The summed E-state index contributed by atoms with van der Waals surface area (Å²) in [6.07, 6.45) is 4.46. The second-order valence-corrected chi connectivity index (χ2v) is 5.19. The van der Waals surface area contributed by atoms with E-state index < -0.39 is 0 Å². The summed E-state index contributed by atoms with van der Waals surface area (Å²) in [7, 11) is 3.09. The molecule has 0 radical (unpaired) electrons. The van der Waals surface area contributed by atoms with Crippen LogP contribution in [0.4, 0.5) is 0 Å². The van der Waals surface area contributed by atoms with E-state index in [1.807, 2.05) is 0 Å². The van der Waals surface area contributed by atoms with Crippen LogP contribution in [0.5, 0.6) is 11.5 Å². The molecule has 5 heteroatoms. The number of unbranched alkanes of at least 4 members (excludes halogenated alkanes) is 3. The highest BCUT2D eigenvalue weighted by Gasteiger charge is 2.17. The van der Waals surface area contributed by atoms with E-state index in [1.54, 1.807) is 32.4 Å². The Bertz CT molecular complexity index is 401. The Balaban J connectivity index is 2.54. The first-order valence-electron chi connectivity index (χ1n) is 6.79. The molecule has 20 heavy (non-hydrogen) atoms. The molecule has 1 rings (SSSR count). The molecule has 0 heterocycles. The number of benzene rings is 1. The molecule has 1 amide bonds. The van der Waals surface area contributed by atoms with Crippen molar-refractivity contribution in [2.45, 2.75) is 25.7 Å². The number of hydrogen-bond acceptors (Lipinski definition) is 3. The Morgan fingerprint density at radius 3 is 2.25 bits per heavy atom. The zero-order chi connectivity index (χ0) is 14.8. The van der Waals surface area contributed by atoms with Crippen molar-refractivity contribution in [2.24, 2.45) is 0 Å². The number of nitrogens with one attached hydrogen (secondary N) is 1. The van der Waals surface area contributed by atoms with Crippen LogP contribution in [0.1, 0.15) is 36.0 Å². The maximum Gasteiger partial charge on any atom is 0.258 e. The van der Waals surface area contributed by atoms with E-state index >= 15 is 0 Å². The number of hydrogen-bond donors (Lipinski definition) is 1. The molecule has 1 aromatic carbocycles. The minimum atomic E-state index is -0.153. The van der Waals surface area contributed by atoms with Gasteiger partial charge in [-0.1, -0.05) is 34.8 Å². The van der Waals surface area contributed by atoms with Crippen LogP contribution < -0.4 is 14.8 Å². The summed E-state index contributed by atoms with van der Waals surface area (Å²) in [5.41, 5.74) is 0.456. The molecule has 0 saturated heterocycles. The summed E-state index contributed by atoms with van der Waals surface area (Å²) < 4.78 is 10.4. The highest BCUT2D eigenvalue weighted by atomic mass is 79.9. The van der Waals surface area contributed by atoms with Crippen molar-refractivity contribution >= 4 is 21.8 Å². The fourth-order valence-corrected chi connectivity index (χ4v) is 2.33. The van der Waals surface area contributed by atoms with E-state index in [-0.39, 0.29) is 5.91 Å². The summed E-state index contributed by atoms with van der Waals surface area (Å²) in [4.78, 5) is 12.2. The molecule has 1 N–H and O–H groups in total. The number of ether oxygens (including phenoxy) is 2. The molecule has 0 aromatic heterocycles. The van der Waals surface area contributed by atoms with Crippen molar-refractivity contribution < 1.29 is 14.3 Å². The molecule has 0 saturated carbocycles. The molecule has 0 aliphatic rings. The van der Waals surface area contributed by atoms with E-state index in [4.69, 9.17) is 9.47 Å². The molecule has 0 atom stereocenters. The van der Waals surface area contributed by atoms with Crippen molar-refractivity contribution in [1.82, 2.24) is 5.32 Å². The van der Waals surface area contributed by atoms with Gasteiger partial charge in [-0.3, -0.25) is 4.79 Å². The van der Waals surface area contributed by atoms with E-state index in [0.29, 0.717) is 23.6 Å². The number of amides is 1. The zero-order valence-corrected chi connectivity index (χ0v) is 13.7. The topological polar surface area (TPSA) is 47.6 Å². The third kappa shape index (κ3) is 5.04. The number of halogens is 1. The number of rotatable bonds is 9. The maximum atomic E-state index is 12.2. The largest absolute Gasteiger partial charge is 0.496 e. The van der Waals surface area contributed by atoms with E-state index in [1.165, 1.54) is 12.8 Å². The first-order valence-corrected chi connectivity index (χ1v) is 7.92. The van der Waals surface area contributed by atoms with Gasteiger partial charge in [0.1, 0.15) is 17.1 Å². The normalized spacial score (nSPS) is 10.2. The van der Waals surface area contributed by atoms with Gasteiger partial charge in [0, 0.05) is 11.9 Å². The summed E-state index contributed by atoms with van der Waals surface area (Å²) >= 11 is 3.41. The van der Waals surface area contributed by atoms with Crippen molar-refractivity contribution in [3.63, 3.8) is 0 Å². The fraction of sp³-hybridized carbons (Fsp3) is 0.533.